The number of carbonyl (C=O) groups excluding carboxylic acids is 2. The third kappa shape index (κ3) is 6.22. The number of rotatable bonds is 7. The van der Waals surface area contributed by atoms with Crippen LogP contribution in [0.5, 0.6) is 0 Å². The van der Waals surface area contributed by atoms with Crippen LogP contribution < -0.4 is 10.6 Å². The number of nitrogens with one attached hydrogen (secondary N) is 2. The average molecular weight is 340 g/mol. The molecular weight excluding hydrogens is 319 g/mol. The van der Waals surface area contributed by atoms with Gasteiger partial charge in [0.25, 0.3) is 5.91 Å². The molecule has 0 saturated heterocycles. The van der Waals surface area contributed by atoms with Crippen LogP contribution in [0.15, 0.2) is 60.7 Å². The van der Waals surface area contributed by atoms with Crippen molar-refractivity contribution >= 4 is 17.5 Å². The van der Waals surface area contributed by atoms with Crippen molar-refractivity contribution < 1.29 is 14.0 Å². The molecule has 0 fully saturated rings. The van der Waals surface area contributed by atoms with Crippen LogP contribution >= 0.6 is 0 Å². The van der Waals surface area contributed by atoms with Crippen molar-refractivity contribution in [3.05, 3.63) is 77.6 Å². The van der Waals surface area contributed by atoms with Gasteiger partial charge in [0.05, 0.1) is 0 Å². The second kappa shape index (κ2) is 9.37. The minimum atomic E-state index is -0.370. The van der Waals surface area contributed by atoms with Crippen LogP contribution in [0, 0.1) is 12.7 Å². The van der Waals surface area contributed by atoms with Gasteiger partial charge in [-0.2, -0.15) is 0 Å². The monoisotopic (exact) mass is 340 g/mol. The highest BCUT2D eigenvalue weighted by Gasteiger charge is 2.04. The molecule has 0 aromatic heterocycles. The molecule has 2 aromatic rings. The van der Waals surface area contributed by atoms with Crippen molar-refractivity contribution in [3.63, 3.8) is 0 Å². The zero-order valence-corrected chi connectivity index (χ0v) is 14.1. The van der Waals surface area contributed by atoms with E-state index in [0.29, 0.717) is 24.9 Å². The Morgan fingerprint density at radius 3 is 2.52 bits per heavy atom. The first-order valence-corrected chi connectivity index (χ1v) is 8.13. The quantitative estimate of drug-likeness (QED) is 0.594. The van der Waals surface area contributed by atoms with Crippen LogP contribution in [0.25, 0.3) is 0 Å². The second-order valence-electron chi connectivity index (χ2n) is 5.61. The molecule has 0 saturated carbocycles. The van der Waals surface area contributed by atoms with E-state index in [1.54, 1.807) is 6.08 Å². The standard InChI is InChI=1S/C20H21FN2O2/c1-15-7-4-5-8-18(15)23-19(24)9-3-2-6-14-22-20(25)16-10-12-17(21)13-11-16/h3-5,7-13H,2,6,14H2,1H3,(H,22,25)(H,23,24). The Labute approximate surface area is 146 Å². The molecule has 2 amide bonds. The smallest absolute Gasteiger partial charge is 0.251 e. The van der Waals surface area contributed by atoms with Crippen molar-refractivity contribution in [2.24, 2.45) is 0 Å². The van der Waals surface area contributed by atoms with Gasteiger partial charge in [-0.25, -0.2) is 4.39 Å². The fraction of sp³-hybridized carbons (Fsp3) is 0.200. The Bertz CT molecular complexity index is 755. The van der Waals surface area contributed by atoms with E-state index in [4.69, 9.17) is 0 Å². The predicted molar refractivity (Wildman–Crippen MR) is 96.9 cm³/mol. The lowest BCUT2D eigenvalue weighted by molar-refractivity contribution is -0.111. The summed E-state index contributed by atoms with van der Waals surface area (Å²) in [5.74, 6) is -0.781. The van der Waals surface area contributed by atoms with Gasteiger partial charge in [-0.3, -0.25) is 9.59 Å². The maximum absolute atomic E-state index is 12.8. The van der Waals surface area contributed by atoms with E-state index >= 15 is 0 Å². The first-order valence-electron chi connectivity index (χ1n) is 8.13. The van der Waals surface area contributed by atoms with Crippen LogP contribution in [0.3, 0.4) is 0 Å². The summed E-state index contributed by atoms with van der Waals surface area (Å²) in [6.07, 6.45) is 4.65. The number of carbonyl (C=O) groups is 2. The number of halogens is 1. The minimum absolute atomic E-state index is 0.176. The molecule has 130 valence electrons. The number of amides is 2. The number of anilines is 1. The molecule has 0 unspecified atom stereocenters. The largest absolute Gasteiger partial charge is 0.352 e. The van der Waals surface area contributed by atoms with Crippen molar-refractivity contribution in [2.45, 2.75) is 19.8 Å². The summed E-state index contributed by atoms with van der Waals surface area (Å²) in [6, 6.07) is 13.0. The number of unbranched alkanes of at least 4 members (excludes halogenated alkanes) is 1. The van der Waals surface area contributed by atoms with Gasteiger partial charge in [0.15, 0.2) is 0 Å². The Morgan fingerprint density at radius 2 is 1.80 bits per heavy atom. The first kappa shape index (κ1) is 18.4. The van der Waals surface area contributed by atoms with E-state index in [2.05, 4.69) is 10.6 Å². The average Bonchev–Trinajstić information content (AvgIpc) is 2.60. The minimum Gasteiger partial charge on any atom is -0.352 e. The van der Waals surface area contributed by atoms with E-state index in [0.717, 1.165) is 11.3 Å². The lowest BCUT2D eigenvalue weighted by atomic mass is 10.2. The van der Waals surface area contributed by atoms with Crippen LogP contribution in [0.1, 0.15) is 28.8 Å². The van der Waals surface area contributed by atoms with E-state index in [1.165, 1.54) is 30.3 Å². The third-order valence-electron chi connectivity index (χ3n) is 3.61. The summed E-state index contributed by atoms with van der Waals surface area (Å²) in [5.41, 5.74) is 2.23. The number of para-hydroxylation sites is 1. The fourth-order valence-corrected chi connectivity index (χ4v) is 2.20. The number of hydrogen-bond acceptors (Lipinski definition) is 2. The normalized spacial score (nSPS) is 10.6. The Hall–Kier alpha value is -2.95. The Kier molecular flexibility index (Phi) is 6.89. The number of benzene rings is 2. The lowest BCUT2D eigenvalue weighted by Gasteiger charge is -2.05. The zero-order valence-electron chi connectivity index (χ0n) is 14.1. The second-order valence-corrected chi connectivity index (χ2v) is 5.61. The number of allylic oxidation sites excluding steroid dienone is 1. The van der Waals surface area contributed by atoms with Crippen LogP contribution in [-0.4, -0.2) is 18.4 Å². The zero-order chi connectivity index (χ0) is 18.1. The highest BCUT2D eigenvalue weighted by molar-refractivity contribution is 5.99. The molecule has 0 radical (unpaired) electrons. The molecule has 0 bridgehead atoms. The fourth-order valence-electron chi connectivity index (χ4n) is 2.20. The summed E-state index contributed by atoms with van der Waals surface area (Å²) in [6.45, 7) is 2.42. The highest BCUT2D eigenvalue weighted by atomic mass is 19.1. The molecule has 25 heavy (non-hydrogen) atoms. The highest BCUT2D eigenvalue weighted by Crippen LogP contribution is 2.12. The first-order chi connectivity index (χ1) is 12.1. The SMILES string of the molecule is Cc1ccccc1NC(=O)C=CCCCNC(=O)c1ccc(F)cc1. The summed E-state index contributed by atoms with van der Waals surface area (Å²) in [5, 5.41) is 5.58. The van der Waals surface area contributed by atoms with Crippen molar-refractivity contribution in [1.29, 1.82) is 0 Å². The number of aryl methyl sites for hydroxylation is 1. The molecule has 2 N–H and O–H groups in total. The molecule has 4 nitrogen and oxygen atoms in total. The van der Waals surface area contributed by atoms with Gasteiger partial charge in [0.1, 0.15) is 5.82 Å². The molecule has 0 atom stereocenters. The Morgan fingerprint density at radius 1 is 1.08 bits per heavy atom. The molecule has 0 aliphatic rings. The number of hydrogen-bond donors (Lipinski definition) is 2. The van der Waals surface area contributed by atoms with Crippen molar-refractivity contribution in [2.75, 3.05) is 11.9 Å². The van der Waals surface area contributed by atoms with Crippen LogP contribution in [-0.2, 0) is 4.79 Å². The molecule has 0 spiro atoms. The van der Waals surface area contributed by atoms with Crippen molar-refractivity contribution in [1.82, 2.24) is 5.32 Å². The molecule has 0 aliphatic heterocycles. The molecule has 5 heteroatoms. The summed E-state index contributed by atoms with van der Waals surface area (Å²) >= 11 is 0. The van der Waals surface area contributed by atoms with E-state index < -0.39 is 0 Å². The van der Waals surface area contributed by atoms with Gasteiger partial charge < -0.3 is 10.6 Å². The van der Waals surface area contributed by atoms with E-state index in [9.17, 15) is 14.0 Å². The van der Waals surface area contributed by atoms with E-state index in [-0.39, 0.29) is 17.6 Å². The molecule has 2 aromatic carbocycles. The lowest BCUT2D eigenvalue weighted by Crippen LogP contribution is -2.24. The van der Waals surface area contributed by atoms with E-state index in [1.807, 2.05) is 31.2 Å². The van der Waals surface area contributed by atoms with Gasteiger partial charge in [0, 0.05) is 17.8 Å². The topological polar surface area (TPSA) is 58.2 Å². The molecular formula is C20H21FN2O2. The van der Waals surface area contributed by atoms with Gasteiger partial charge in [0.2, 0.25) is 5.91 Å². The Balaban J connectivity index is 1.66. The van der Waals surface area contributed by atoms with Crippen molar-refractivity contribution in [3.8, 4) is 0 Å². The van der Waals surface area contributed by atoms with Crippen LogP contribution in [0.4, 0.5) is 10.1 Å². The molecule has 2 rings (SSSR count). The van der Waals surface area contributed by atoms with Gasteiger partial charge in [-0.15, -0.1) is 0 Å². The molecule has 0 heterocycles. The van der Waals surface area contributed by atoms with Crippen LogP contribution in [0.2, 0.25) is 0 Å². The van der Waals surface area contributed by atoms with Gasteiger partial charge in [-0.05, 0) is 61.7 Å². The maximum Gasteiger partial charge on any atom is 0.251 e. The maximum atomic E-state index is 12.8. The summed E-state index contributed by atoms with van der Waals surface area (Å²) in [7, 11) is 0. The third-order valence-corrected chi connectivity index (χ3v) is 3.61. The summed E-state index contributed by atoms with van der Waals surface area (Å²) < 4.78 is 12.8. The predicted octanol–water partition coefficient (Wildman–Crippen LogP) is 3.84. The van der Waals surface area contributed by atoms with Gasteiger partial charge >= 0.3 is 0 Å². The van der Waals surface area contributed by atoms with Gasteiger partial charge in [-0.1, -0.05) is 24.3 Å². The summed E-state index contributed by atoms with van der Waals surface area (Å²) in [4.78, 5) is 23.6. The molecule has 0 aliphatic carbocycles.